The van der Waals surface area contributed by atoms with E-state index in [2.05, 4.69) is 0 Å². The molecule has 0 aliphatic carbocycles. The molecule has 2 unspecified atom stereocenters. The Labute approximate surface area is 570 Å². The van der Waals surface area contributed by atoms with Crippen molar-refractivity contribution in [1.82, 2.24) is 0 Å². The van der Waals surface area contributed by atoms with E-state index in [0.29, 0.717) is 63.3 Å². The average Bonchev–Trinajstić information content (AvgIpc) is 1.65. The van der Waals surface area contributed by atoms with Gasteiger partial charge in [0.15, 0.2) is 17.3 Å². The predicted molar refractivity (Wildman–Crippen MR) is 384 cm³/mol. The van der Waals surface area contributed by atoms with Gasteiger partial charge >= 0.3 is 0 Å². The number of aliphatic hydroxyl groups is 3. The predicted octanol–water partition coefficient (Wildman–Crippen LogP) is 19.1. The number of aliphatic hydroxyl groups excluding tert-OH is 3. The molecule has 4 aromatic heterocycles. The van der Waals surface area contributed by atoms with Crippen LogP contribution >= 0.6 is 0 Å². The zero-order valence-electron chi connectivity index (χ0n) is 63.1. The first kappa shape index (κ1) is 80.9. The minimum absolute atomic E-state index is 0.0233. The summed E-state index contributed by atoms with van der Waals surface area (Å²) in [5.74, 6) is 4.41. The molecule has 16 heteroatoms. The summed E-state index contributed by atoms with van der Waals surface area (Å²) in [5.41, 5.74) is 2.56. The summed E-state index contributed by atoms with van der Waals surface area (Å²) >= 11 is 0. The Balaban J connectivity index is 0.000000265. The molecule has 96 heavy (non-hydrogen) atoms. The van der Waals surface area contributed by atoms with E-state index in [0.717, 1.165) is 49.6 Å². The lowest BCUT2D eigenvalue weighted by atomic mass is 9.82. The molecule has 0 radical (unpaired) electrons. The van der Waals surface area contributed by atoms with Gasteiger partial charge in [-0.25, -0.2) is 0 Å². The van der Waals surface area contributed by atoms with Crippen LogP contribution in [0.3, 0.4) is 0 Å². The van der Waals surface area contributed by atoms with Gasteiger partial charge in [0, 0.05) is 96.7 Å². The fourth-order valence-corrected chi connectivity index (χ4v) is 9.24. The summed E-state index contributed by atoms with van der Waals surface area (Å²) in [6.07, 6.45) is -0.622. The summed E-state index contributed by atoms with van der Waals surface area (Å²) in [5, 5.41) is 33.1. The quantitative estimate of drug-likeness (QED) is 0.0858. The number of ketones is 5. The van der Waals surface area contributed by atoms with Crippen LogP contribution in [-0.2, 0) is 28.9 Å². The maximum Gasteiger partial charge on any atom is 0.203 e. The largest absolute Gasteiger partial charge is 0.497 e. The van der Waals surface area contributed by atoms with Gasteiger partial charge in [-0.15, -0.1) is 0 Å². The van der Waals surface area contributed by atoms with Crippen molar-refractivity contribution >= 4 is 72.8 Å². The molecule has 2 atom stereocenters. The smallest absolute Gasteiger partial charge is 0.203 e. The van der Waals surface area contributed by atoms with Crippen LogP contribution in [0.2, 0.25) is 0 Å². The Kier molecular flexibility index (Phi) is 26.0. The highest BCUT2D eigenvalue weighted by Gasteiger charge is 2.37. The van der Waals surface area contributed by atoms with Crippen molar-refractivity contribution in [3.05, 3.63) is 118 Å². The van der Waals surface area contributed by atoms with E-state index in [1.165, 1.54) is 0 Å². The van der Waals surface area contributed by atoms with Crippen LogP contribution in [0.15, 0.2) is 90.5 Å². The van der Waals surface area contributed by atoms with Gasteiger partial charge in [-0.05, 0) is 96.0 Å². The molecule has 0 aliphatic rings. The number of rotatable bonds is 14. The van der Waals surface area contributed by atoms with Crippen LogP contribution in [0.5, 0.6) is 23.0 Å². The highest BCUT2D eigenvalue weighted by Crippen LogP contribution is 2.42. The lowest BCUT2D eigenvalue weighted by Gasteiger charge is -2.26. The van der Waals surface area contributed by atoms with Crippen molar-refractivity contribution in [3.63, 3.8) is 0 Å². The second kappa shape index (κ2) is 30.9. The number of aryl methyl sites for hydroxylation is 1. The Hall–Kier alpha value is -7.53. The van der Waals surface area contributed by atoms with Crippen LogP contribution in [0.25, 0.3) is 43.9 Å². The van der Waals surface area contributed by atoms with Crippen molar-refractivity contribution < 1.29 is 75.9 Å². The van der Waals surface area contributed by atoms with E-state index in [1.807, 2.05) is 222 Å². The van der Waals surface area contributed by atoms with Gasteiger partial charge in [-0.3, -0.25) is 24.0 Å². The maximum atomic E-state index is 12.8. The van der Waals surface area contributed by atoms with Crippen molar-refractivity contribution in [2.45, 2.75) is 205 Å². The number of hydrogen-bond donors (Lipinski definition) is 3. The van der Waals surface area contributed by atoms with Crippen molar-refractivity contribution in [3.8, 4) is 23.0 Å². The van der Waals surface area contributed by atoms with Crippen molar-refractivity contribution in [1.29, 1.82) is 0 Å². The van der Waals surface area contributed by atoms with Crippen LogP contribution in [0.1, 0.15) is 232 Å². The molecule has 0 bridgehead atoms. The Morgan fingerprint density at radius 1 is 0.396 bits per heavy atom. The standard InChI is InChI=1S/2C20H28O4.C20H26O4.C15H18O3.C5H12O/c3*1-19(2,3)16(21)11-14-13-10-12(23-7)8-9-15(13)24-17(14)18(22)20(4,5)6;1-9-11-8-10(17-5)6-7-12(11)18-13(9)14(16)15(2,3)4;1-5(2,3)4-6/h8-10,18,22H,11H2,1-7H3;8-10,16,21H,11H2,1-7H3;8-10H,11H2,1-7H3;6-8H,1-5H3;6H,4H2,1-3H3. The molecule has 0 saturated heterocycles. The van der Waals surface area contributed by atoms with E-state index in [-0.39, 0.29) is 65.0 Å². The molecule has 4 aromatic carbocycles. The normalized spacial score (nSPS) is 13.1. The third-order valence-electron chi connectivity index (χ3n) is 16.1. The number of carbonyl (C=O) groups excluding carboxylic acids is 5. The number of hydrogen-bond acceptors (Lipinski definition) is 16. The van der Waals surface area contributed by atoms with Crippen LogP contribution in [0, 0.1) is 50.2 Å². The van der Waals surface area contributed by atoms with Gasteiger partial charge in [-0.1, -0.05) is 166 Å². The fraction of sp³-hybridized carbons (Fsp3) is 0.537. The van der Waals surface area contributed by atoms with E-state index < -0.39 is 44.7 Å². The first-order chi connectivity index (χ1) is 43.7. The summed E-state index contributed by atoms with van der Waals surface area (Å²) < 4.78 is 44.4. The lowest BCUT2D eigenvalue weighted by molar-refractivity contribution is -0.126. The lowest BCUT2D eigenvalue weighted by Crippen LogP contribution is -2.29. The zero-order chi connectivity index (χ0) is 73.6. The summed E-state index contributed by atoms with van der Waals surface area (Å²) in [6.45, 7) is 48.1. The molecular weight excluding hydrogens is 1220 g/mol. The molecule has 528 valence electrons. The van der Waals surface area contributed by atoms with E-state index >= 15 is 0 Å². The molecular formula is C80H112O16. The molecule has 0 saturated carbocycles. The molecule has 0 spiro atoms. The van der Waals surface area contributed by atoms with Gasteiger partial charge in [-0.2, -0.15) is 0 Å². The topological polar surface area (TPSA) is 236 Å². The van der Waals surface area contributed by atoms with Gasteiger partial charge in [0.25, 0.3) is 0 Å². The number of carbonyl (C=O) groups is 5. The van der Waals surface area contributed by atoms with Gasteiger partial charge in [0.05, 0.1) is 34.5 Å². The van der Waals surface area contributed by atoms with Gasteiger partial charge in [0.2, 0.25) is 17.3 Å². The average molecular weight is 1330 g/mol. The number of methoxy groups -OCH3 is 4. The summed E-state index contributed by atoms with van der Waals surface area (Å²) in [4.78, 5) is 63.1. The molecule has 8 rings (SSSR count). The first-order valence-corrected chi connectivity index (χ1v) is 32.8. The minimum Gasteiger partial charge on any atom is -0.497 e. The number of fused-ring (bicyclic) bond motifs is 4. The molecule has 0 fully saturated rings. The number of furan rings is 4. The zero-order valence-corrected chi connectivity index (χ0v) is 63.1. The van der Waals surface area contributed by atoms with Crippen LogP contribution in [-0.4, -0.2) is 85.4 Å². The van der Waals surface area contributed by atoms with E-state index in [1.54, 1.807) is 52.7 Å². The molecule has 3 N–H and O–H groups in total. The first-order valence-electron chi connectivity index (χ1n) is 32.8. The second-order valence-electron chi connectivity index (χ2n) is 33.3. The van der Waals surface area contributed by atoms with Gasteiger partial charge < -0.3 is 51.9 Å². The molecule has 4 heterocycles. The highest BCUT2D eigenvalue weighted by molar-refractivity contribution is 6.06. The van der Waals surface area contributed by atoms with Gasteiger partial charge in [0.1, 0.15) is 68.8 Å². The highest BCUT2D eigenvalue weighted by atomic mass is 16.5. The fourth-order valence-electron chi connectivity index (χ4n) is 9.24. The molecule has 16 nitrogen and oxygen atoms in total. The third kappa shape index (κ3) is 21.0. The Morgan fingerprint density at radius 2 is 0.688 bits per heavy atom. The Morgan fingerprint density at radius 3 is 1.01 bits per heavy atom. The summed E-state index contributed by atoms with van der Waals surface area (Å²) in [7, 11) is 6.42. The SMILES string of the molecule is CC(C)(C)CO.COc1ccc2oc(C(=O)C(C)(C)C)c(C)c2c1.COc1ccc2oc(C(=O)C(C)(C)C)c(CC(=O)C(C)(C)C)c2c1.COc1ccc2oc(C(=O)C(C)(C)C)c(CC(O)C(C)(C)C)c2c1.COc1ccc2oc(C(O)C(C)(C)C)c(CC(=O)C(C)(C)C)c2c1. The number of ether oxygens (including phenoxy) is 4. The molecule has 0 amide bonds. The molecule has 0 aliphatic heterocycles. The third-order valence-corrected chi connectivity index (χ3v) is 16.1. The van der Waals surface area contributed by atoms with Crippen LogP contribution < -0.4 is 18.9 Å². The van der Waals surface area contributed by atoms with Crippen molar-refractivity contribution in [2.75, 3.05) is 35.0 Å². The van der Waals surface area contributed by atoms with E-state index in [9.17, 15) is 34.2 Å². The van der Waals surface area contributed by atoms with Crippen molar-refractivity contribution in [2.24, 2.45) is 43.3 Å². The summed E-state index contributed by atoms with van der Waals surface area (Å²) in [6, 6.07) is 21.9. The minimum atomic E-state index is -0.793. The maximum absolute atomic E-state index is 12.8. The number of Topliss-reactive ketones (excluding diaryl/α,β-unsaturated/α-hetero) is 5. The Bertz CT molecular complexity index is 4000. The second-order valence-corrected chi connectivity index (χ2v) is 33.3. The van der Waals surface area contributed by atoms with E-state index in [4.69, 9.17) is 41.7 Å². The monoisotopic (exact) mass is 1330 g/mol. The number of benzene rings is 4. The van der Waals surface area contributed by atoms with Crippen LogP contribution in [0.4, 0.5) is 0 Å². The molecule has 8 aromatic rings.